The Bertz CT molecular complexity index is 1260. The van der Waals surface area contributed by atoms with E-state index in [0.717, 1.165) is 11.1 Å². The summed E-state index contributed by atoms with van der Waals surface area (Å²) in [6.07, 6.45) is -2.52. The van der Waals surface area contributed by atoms with Crippen LogP contribution < -0.4 is 5.32 Å². The molecule has 4 rings (SSSR count). The second kappa shape index (κ2) is 8.50. The Hall–Kier alpha value is -4.46. The summed E-state index contributed by atoms with van der Waals surface area (Å²) in [6, 6.07) is 21.8. The van der Waals surface area contributed by atoms with Crippen LogP contribution in [0.15, 0.2) is 72.8 Å². The third-order valence-electron chi connectivity index (χ3n) is 4.53. The smallest absolute Gasteiger partial charge is 0.416 e. The topological polar surface area (TPSA) is 122 Å². The Morgan fingerprint density at radius 2 is 1.52 bits per heavy atom. The molecule has 0 unspecified atom stereocenters. The lowest BCUT2D eigenvalue weighted by Gasteiger charge is -2.12. The minimum absolute atomic E-state index is 0.0564. The molecule has 0 spiro atoms. The number of carbonyl (C=O) groups is 2. The van der Waals surface area contributed by atoms with Crippen molar-refractivity contribution in [3.05, 3.63) is 78.4 Å². The number of ether oxygens (including phenoxy) is 1. The number of fused-ring (bicyclic) bond motifs is 1. The highest BCUT2D eigenvalue weighted by atomic mass is 16.6. The molecule has 31 heavy (non-hydrogen) atoms. The molecule has 0 saturated heterocycles. The average Bonchev–Trinajstić information content (AvgIpc) is 2.78. The minimum Gasteiger partial charge on any atom is -0.506 e. The molecule has 1 aromatic heterocycles. The number of aromatic nitrogens is 2. The normalized spacial score (nSPS) is 10.6. The van der Waals surface area contributed by atoms with E-state index in [-0.39, 0.29) is 12.4 Å². The van der Waals surface area contributed by atoms with Crippen molar-refractivity contribution in [2.24, 2.45) is 0 Å². The molecule has 0 saturated carbocycles. The molecular formula is C23H17N3O5. The number of carbonyl (C=O) groups excluding carboxylic acids is 1. The number of hydrogen-bond acceptors (Lipinski definition) is 6. The van der Waals surface area contributed by atoms with E-state index in [2.05, 4.69) is 4.98 Å². The van der Waals surface area contributed by atoms with Crippen LogP contribution in [0, 0.1) is 0 Å². The maximum Gasteiger partial charge on any atom is 0.416 e. The van der Waals surface area contributed by atoms with Gasteiger partial charge in [-0.15, -0.1) is 0 Å². The number of carboxylic acid groups (broad SMARTS) is 1. The van der Waals surface area contributed by atoms with Gasteiger partial charge in [-0.25, -0.2) is 24.9 Å². The van der Waals surface area contributed by atoms with Crippen molar-refractivity contribution in [1.82, 2.24) is 15.3 Å². The zero-order valence-electron chi connectivity index (χ0n) is 16.1. The first-order valence-electron chi connectivity index (χ1n) is 9.32. The van der Waals surface area contributed by atoms with Gasteiger partial charge in [-0.05, 0) is 17.7 Å². The molecular weight excluding hydrogens is 398 g/mol. The number of rotatable bonds is 4. The van der Waals surface area contributed by atoms with Crippen molar-refractivity contribution in [3.63, 3.8) is 0 Å². The highest BCUT2D eigenvalue weighted by molar-refractivity contribution is 5.89. The number of hydrogen-bond donors (Lipinski definition) is 3. The summed E-state index contributed by atoms with van der Waals surface area (Å²) in [5.74, 6) is 0.0564. The Morgan fingerprint density at radius 1 is 0.839 bits per heavy atom. The number of nitrogens with one attached hydrogen (secondary N) is 1. The number of amides is 2. The first kappa shape index (κ1) is 19.8. The van der Waals surface area contributed by atoms with E-state index in [0.29, 0.717) is 28.0 Å². The van der Waals surface area contributed by atoms with Crippen LogP contribution in [0.2, 0.25) is 0 Å². The average molecular weight is 415 g/mol. The van der Waals surface area contributed by atoms with Crippen LogP contribution in [-0.2, 0) is 11.3 Å². The molecule has 0 fully saturated rings. The fraction of sp³-hybridized carbons (Fsp3) is 0.0435. The SMILES string of the molecule is O=C(O)NC(=O)OCc1ccc(-c2nc3cccc(O)c3nc2-c2ccccc2)cc1. The molecule has 3 aromatic carbocycles. The molecule has 0 radical (unpaired) electrons. The number of imide groups is 1. The number of alkyl carbamates (subject to hydrolysis) is 1. The van der Waals surface area contributed by atoms with E-state index in [1.54, 1.807) is 35.6 Å². The lowest BCUT2D eigenvalue weighted by Crippen LogP contribution is -2.29. The predicted octanol–water partition coefficient (Wildman–Crippen LogP) is 4.57. The predicted molar refractivity (Wildman–Crippen MR) is 113 cm³/mol. The summed E-state index contributed by atoms with van der Waals surface area (Å²) in [7, 11) is 0. The standard InChI is InChI=1S/C23H17N3O5/c27-18-8-4-7-17-21(18)25-20(15-5-2-1-3-6-15)19(24-17)16-11-9-14(10-12-16)13-31-23(30)26-22(28)29/h1-12,27H,13H2,(H,26,30)(H,28,29). The molecule has 2 amide bonds. The van der Waals surface area contributed by atoms with E-state index in [9.17, 15) is 14.7 Å². The number of phenolic OH excluding ortho intramolecular Hbond substituents is 1. The lowest BCUT2D eigenvalue weighted by molar-refractivity contribution is 0.134. The molecule has 8 nitrogen and oxygen atoms in total. The van der Waals surface area contributed by atoms with Crippen molar-refractivity contribution < 1.29 is 24.5 Å². The Balaban J connectivity index is 1.70. The summed E-state index contributed by atoms with van der Waals surface area (Å²) >= 11 is 0. The van der Waals surface area contributed by atoms with Gasteiger partial charge in [0.15, 0.2) is 0 Å². The number of aromatic hydroxyl groups is 1. The highest BCUT2D eigenvalue weighted by Crippen LogP contribution is 2.33. The van der Waals surface area contributed by atoms with Gasteiger partial charge in [0, 0.05) is 11.1 Å². The molecule has 0 aliphatic rings. The highest BCUT2D eigenvalue weighted by Gasteiger charge is 2.15. The monoisotopic (exact) mass is 415 g/mol. The fourth-order valence-corrected chi connectivity index (χ4v) is 3.09. The lowest BCUT2D eigenvalue weighted by atomic mass is 10.0. The van der Waals surface area contributed by atoms with Crippen LogP contribution in [0.3, 0.4) is 0 Å². The fourth-order valence-electron chi connectivity index (χ4n) is 3.09. The van der Waals surface area contributed by atoms with Crippen LogP contribution in [0.25, 0.3) is 33.5 Å². The van der Waals surface area contributed by atoms with Gasteiger partial charge in [-0.3, -0.25) is 0 Å². The maximum absolute atomic E-state index is 11.3. The Kier molecular flexibility index (Phi) is 5.44. The van der Waals surface area contributed by atoms with Gasteiger partial charge in [-0.1, -0.05) is 60.7 Å². The van der Waals surface area contributed by atoms with Crippen molar-refractivity contribution in [1.29, 1.82) is 0 Å². The summed E-state index contributed by atoms with van der Waals surface area (Å²) < 4.78 is 4.86. The summed E-state index contributed by atoms with van der Waals surface area (Å²) in [5, 5.41) is 20.3. The van der Waals surface area contributed by atoms with Crippen molar-refractivity contribution in [2.75, 3.05) is 0 Å². The second-order valence-electron chi connectivity index (χ2n) is 6.63. The van der Waals surface area contributed by atoms with Gasteiger partial charge in [-0.2, -0.15) is 0 Å². The molecule has 8 heteroatoms. The van der Waals surface area contributed by atoms with Crippen molar-refractivity contribution in [3.8, 4) is 28.3 Å². The molecule has 0 bridgehead atoms. The molecule has 0 atom stereocenters. The molecule has 0 aliphatic carbocycles. The Morgan fingerprint density at radius 3 is 2.23 bits per heavy atom. The molecule has 3 N–H and O–H groups in total. The molecule has 1 heterocycles. The van der Waals surface area contributed by atoms with Crippen LogP contribution in [0.1, 0.15) is 5.56 Å². The van der Waals surface area contributed by atoms with E-state index in [4.69, 9.17) is 14.8 Å². The van der Waals surface area contributed by atoms with Crippen LogP contribution in [0.5, 0.6) is 5.75 Å². The quantitative estimate of drug-likeness (QED) is 0.446. The van der Waals surface area contributed by atoms with Crippen LogP contribution in [0.4, 0.5) is 9.59 Å². The van der Waals surface area contributed by atoms with E-state index in [1.165, 1.54) is 0 Å². The van der Waals surface area contributed by atoms with E-state index in [1.807, 2.05) is 42.5 Å². The summed E-state index contributed by atoms with van der Waals surface area (Å²) in [4.78, 5) is 31.2. The van der Waals surface area contributed by atoms with Gasteiger partial charge in [0.25, 0.3) is 0 Å². The zero-order chi connectivity index (χ0) is 21.8. The maximum atomic E-state index is 11.3. The molecule has 154 valence electrons. The summed E-state index contributed by atoms with van der Waals surface area (Å²) in [6.45, 7) is -0.0811. The number of phenols is 1. The van der Waals surface area contributed by atoms with Gasteiger partial charge < -0.3 is 14.9 Å². The third-order valence-corrected chi connectivity index (χ3v) is 4.53. The molecule has 4 aromatic rings. The van der Waals surface area contributed by atoms with Crippen molar-refractivity contribution in [2.45, 2.75) is 6.61 Å². The summed E-state index contributed by atoms with van der Waals surface area (Å²) in [5.41, 5.74) is 4.56. The second-order valence-corrected chi connectivity index (χ2v) is 6.63. The first-order valence-corrected chi connectivity index (χ1v) is 9.32. The zero-order valence-corrected chi connectivity index (χ0v) is 16.1. The van der Waals surface area contributed by atoms with Crippen LogP contribution in [-0.4, -0.2) is 32.4 Å². The third kappa shape index (κ3) is 4.43. The first-order chi connectivity index (χ1) is 15.0. The minimum atomic E-state index is -1.48. The number of nitrogens with zero attached hydrogens (tertiary/aromatic N) is 2. The largest absolute Gasteiger partial charge is 0.506 e. The van der Waals surface area contributed by atoms with Gasteiger partial charge in [0.05, 0.1) is 16.9 Å². The van der Waals surface area contributed by atoms with E-state index >= 15 is 0 Å². The Labute approximate surface area is 176 Å². The number of benzene rings is 3. The van der Waals surface area contributed by atoms with Crippen molar-refractivity contribution >= 4 is 23.2 Å². The number of para-hydroxylation sites is 1. The van der Waals surface area contributed by atoms with Gasteiger partial charge >= 0.3 is 12.2 Å². The van der Waals surface area contributed by atoms with Gasteiger partial charge in [0.2, 0.25) is 0 Å². The van der Waals surface area contributed by atoms with Gasteiger partial charge in [0.1, 0.15) is 17.9 Å². The van der Waals surface area contributed by atoms with Crippen LogP contribution >= 0.6 is 0 Å². The molecule has 0 aliphatic heterocycles. The van der Waals surface area contributed by atoms with E-state index < -0.39 is 12.2 Å².